The minimum absolute atomic E-state index is 1.17. The summed E-state index contributed by atoms with van der Waals surface area (Å²) >= 11 is 1.95. The first-order valence-corrected chi connectivity index (χ1v) is 5.46. The molecule has 0 unspecified atom stereocenters. The summed E-state index contributed by atoms with van der Waals surface area (Å²) in [6.07, 6.45) is 2.45. The number of nitrogens with zero attached hydrogens (tertiary/aromatic N) is 1. The minimum Gasteiger partial charge on any atom is -0.302 e. The predicted octanol–water partition coefficient (Wildman–Crippen LogP) is 2.30. The van der Waals surface area contributed by atoms with Gasteiger partial charge in [0.1, 0.15) is 0 Å². The Hall–Kier alpha value is -0.340. The van der Waals surface area contributed by atoms with Crippen molar-refractivity contribution in [3.05, 3.63) is 21.4 Å². The highest BCUT2D eigenvalue weighted by molar-refractivity contribution is 7.10. The van der Waals surface area contributed by atoms with E-state index in [2.05, 4.69) is 24.3 Å². The van der Waals surface area contributed by atoms with Gasteiger partial charge >= 0.3 is 0 Å². The highest BCUT2D eigenvalue weighted by Crippen LogP contribution is 2.28. The van der Waals surface area contributed by atoms with E-state index in [-0.39, 0.29) is 0 Å². The molecule has 1 nitrogen and oxygen atoms in total. The number of fused-ring (bicyclic) bond motifs is 1. The lowest BCUT2D eigenvalue weighted by atomic mass is 10.0. The molecule has 0 aromatic carbocycles. The second kappa shape index (κ2) is 3.19. The largest absolute Gasteiger partial charge is 0.302 e. The van der Waals surface area contributed by atoms with Gasteiger partial charge in [0, 0.05) is 18.0 Å². The monoisotopic (exact) mass is 181 g/mol. The molecule has 12 heavy (non-hydrogen) atoms. The van der Waals surface area contributed by atoms with Crippen molar-refractivity contribution in [1.29, 1.82) is 0 Å². The van der Waals surface area contributed by atoms with Crippen LogP contribution in [0, 0.1) is 0 Å². The van der Waals surface area contributed by atoms with Gasteiger partial charge in [-0.15, -0.1) is 11.3 Å². The number of aryl methyl sites for hydroxylation is 1. The van der Waals surface area contributed by atoms with Crippen LogP contribution < -0.4 is 0 Å². The maximum absolute atomic E-state index is 2.41. The zero-order valence-electron chi connectivity index (χ0n) is 7.76. The van der Waals surface area contributed by atoms with Gasteiger partial charge in [-0.1, -0.05) is 6.92 Å². The third-order valence-corrected chi connectivity index (χ3v) is 3.73. The van der Waals surface area contributed by atoms with Gasteiger partial charge in [-0.3, -0.25) is 0 Å². The molecule has 0 radical (unpaired) electrons. The lowest BCUT2D eigenvalue weighted by molar-refractivity contribution is 0.314. The average Bonchev–Trinajstić information content (AvgIpc) is 2.46. The van der Waals surface area contributed by atoms with Gasteiger partial charge in [-0.2, -0.15) is 0 Å². The fourth-order valence-electron chi connectivity index (χ4n) is 1.80. The van der Waals surface area contributed by atoms with Gasteiger partial charge < -0.3 is 4.90 Å². The van der Waals surface area contributed by atoms with Gasteiger partial charge in [0.2, 0.25) is 0 Å². The fraction of sp³-hybridized carbons (Fsp3) is 0.600. The smallest absolute Gasteiger partial charge is 0.0244 e. The molecule has 2 heteroatoms. The van der Waals surface area contributed by atoms with E-state index in [1.165, 1.54) is 25.9 Å². The van der Waals surface area contributed by atoms with E-state index >= 15 is 0 Å². The SMILES string of the molecule is CCc1csc2c1CN(C)CC2. The molecule has 1 aliphatic rings. The minimum atomic E-state index is 1.17. The average molecular weight is 181 g/mol. The van der Waals surface area contributed by atoms with E-state index in [0.29, 0.717) is 0 Å². The molecule has 0 bridgehead atoms. The Morgan fingerprint density at radius 2 is 2.42 bits per heavy atom. The van der Waals surface area contributed by atoms with Crippen molar-refractivity contribution >= 4 is 11.3 Å². The molecule has 2 rings (SSSR count). The summed E-state index contributed by atoms with van der Waals surface area (Å²) in [5, 5.41) is 2.34. The molecule has 0 aliphatic carbocycles. The molecule has 0 fully saturated rings. The lowest BCUT2D eigenvalue weighted by Gasteiger charge is -2.23. The molecule has 2 heterocycles. The first kappa shape index (κ1) is 8.27. The summed E-state index contributed by atoms with van der Waals surface area (Å²) < 4.78 is 0. The van der Waals surface area contributed by atoms with Gasteiger partial charge in [0.05, 0.1) is 0 Å². The van der Waals surface area contributed by atoms with Crippen LogP contribution in [0.2, 0.25) is 0 Å². The Balaban J connectivity index is 2.34. The Bertz CT molecular complexity index is 264. The topological polar surface area (TPSA) is 3.24 Å². The number of rotatable bonds is 1. The Labute approximate surface area is 78.0 Å². The van der Waals surface area contributed by atoms with Crippen LogP contribution in [0.15, 0.2) is 5.38 Å². The summed E-state index contributed by atoms with van der Waals surface area (Å²) in [5.41, 5.74) is 3.19. The number of hydrogen-bond donors (Lipinski definition) is 0. The molecular weight excluding hydrogens is 166 g/mol. The molecule has 1 aliphatic heterocycles. The normalized spacial score (nSPS) is 17.8. The van der Waals surface area contributed by atoms with Crippen molar-refractivity contribution in [1.82, 2.24) is 4.90 Å². The van der Waals surface area contributed by atoms with E-state index in [1.807, 2.05) is 11.3 Å². The fourth-order valence-corrected chi connectivity index (χ4v) is 2.94. The second-order valence-corrected chi connectivity index (χ2v) is 4.47. The van der Waals surface area contributed by atoms with E-state index < -0.39 is 0 Å². The maximum atomic E-state index is 2.41. The van der Waals surface area contributed by atoms with Crippen LogP contribution in [0.4, 0.5) is 0 Å². The molecule has 0 N–H and O–H groups in total. The third kappa shape index (κ3) is 1.29. The first-order chi connectivity index (χ1) is 5.81. The Kier molecular flexibility index (Phi) is 2.20. The van der Waals surface area contributed by atoms with Crippen LogP contribution in [-0.4, -0.2) is 18.5 Å². The standard InChI is InChI=1S/C10H15NS/c1-3-8-7-12-10-4-5-11(2)6-9(8)10/h7H,3-6H2,1-2H3. The highest BCUT2D eigenvalue weighted by Gasteiger charge is 2.17. The second-order valence-electron chi connectivity index (χ2n) is 3.50. The summed E-state index contributed by atoms with van der Waals surface area (Å²) in [4.78, 5) is 4.04. The van der Waals surface area contributed by atoms with E-state index in [4.69, 9.17) is 0 Å². The predicted molar refractivity (Wildman–Crippen MR) is 53.7 cm³/mol. The summed E-state index contributed by atoms with van der Waals surface area (Å²) in [6.45, 7) is 4.65. The molecule has 1 aromatic rings. The first-order valence-electron chi connectivity index (χ1n) is 4.58. The van der Waals surface area contributed by atoms with Crippen molar-refractivity contribution in [3.63, 3.8) is 0 Å². The van der Waals surface area contributed by atoms with E-state index in [9.17, 15) is 0 Å². The van der Waals surface area contributed by atoms with Crippen molar-refractivity contribution < 1.29 is 0 Å². The Morgan fingerprint density at radius 1 is 1.58 bits per heavy atom. The van der Waals surface area contributed by atoms with Crippen LogP contribution in [0.25, 0.3) is 0 Å². The lowest BCUT2D eigenvalue weighted by Crippen LogP contribution is -2.25. The zero-order valence-corrected chi connectivity index (χ0v) is 8.58. The number of thiophene rings is 1. The van der Waals surface area contributed by atoms with Crippen molar-refractivity contribution in [2.24, 2.45) is 0 Å². The van der Waals surface area contributed by atoms with Gasteiger partial charge in [-0.05, 0) is 36.4 Å². The third-order valence-electron chi connectivity index (χ3n) is 2.60. The number of hydrogen-bond acceptors (Lipinski definition) is 2. The van der Waals surface area contributed by atoms with Crippen LogP contribution >= 0.6 is 11.3 Å². The zero-order chi connectivity index (χ0) is 8.55. The van der Waals surface area contributed by atoms with Gasteiger partial charge in [-0.25, -0.2) is 0 Å². The molecule has 0 amide bonds. The molecule has 0 atom stereocenters. The molecular formula is C10H15NS. The molecule has 0 saturated heterocycles. The van der Waals surface area contributed by atoms with Crippen molar-refractivity contribution in [2.75, 3.05) is 13.6 Å². The van der Waals surface area contributed by atoms with Crippen LogP contribution in [-0.2, 0) is 19.4 Å². The van der Waals surface area contributed by atoms with Crippen LogP contribution in [0.3, 0.4) is 0 Å². The quantitative estimate of drug-likeness (QED) is 0.642. The van der Waals surface area contributed by atoms with E-state index in [1.54, 1.807) is 16.0 Å². The van der Waals surface area contributed by atoms with Gasteiger partial charge in [0.15, 0.2) is 0 Å². The number of likely N-dealkylation sites (N-methyl/N-ethyl adjacent to an activating group) is 1. The van der Waals surface area contributed by atoms with E-state index in [0.717, 1.165) is 0 Å². The van der Waals surface area contributed by atoms with Gasteiger partial charge in [0.25, 0.3) is 0 Å². The van der Waals surface area contributed by atoms with Crippen molar-refractivity contribution in [3.8, 4) is 0 Å². The van der Waals surface area contributed by atoms with Crippen molar-refractivity contribution in [2.45, 2.75) is 26.3 Å². The molecule has 66 valence electrons. The van der Waals surface area contributed by atoms with Crippen LogP contribution in [0.5, 0.6) is 0 Å². The Morgan fingerprint density at radius 3 is 3.17 bits per heavy atom. The molecule has 0 spiro atoms. The van der Waals surface area contributed by atoms with Crippen LogP contribution in [0.1, 0.15) is 22.9 Å². The molecule has 1 aromatic heterocycles. The maximum Gasteiger partial charge on any atom is 0.0244 e. The highest BCUT2D eigenvalue weighted by atomic mass is 32.1. The summed E-state index contributed by atoms with van der Waals surface area (Å²) in [5.74, 6) is 0. The summed E-state index contributed by atoms with van der Waals surface area (Å²) in [7, 11) is 2.21. The molecule has 0 saturated carbocycles. The summed E-state index contributed by atoms with van der Waals surface area (Å²) in [6, 6.07) is 0.